The highest BCUT2D eigenvalue weighted by atomic mass is 16.5. The molecule has 0 radical (unpaired) electrons. The van der Waals surface area contributed by atoms with E-state index in [1.165, 1.54) is 12.0 Å². The van der Waals surface area contributed by atoms with Crippen molar-refractivity contribution in [3.05, 3.63) is 71.7 Å². The van der Waals surface area contributed by atoms with Crippen molar-refractivity contribution >= 4 is 22.6 Å². The zero-order chi connectivity index (χ0) is 23.3. The number of benzene rings is 2. The van der Waals surface area contributed by atoms with Gasteiger partial charge in [-0.05, 0) is 73.5 Å². The molecule has 1 heterocycles. The summed E-state index contributed by atoms with van der Waals surface area (Å²) < 4.78 is 5.71. The molecule has 0 saturated heterocycles. The molecule has 1 aromatic heterocycles. The van der Waals surface area contributed by atoms with Crippen LogP contribution in [0.5, 0.6) is 0 Å². The number of aliphatic hydroxyl groups is 1. The number of nitrogens with one attached hydrogen (secondary N) is 1. The van der Waals surface area contributed by atoms with Gasteiger partial charge in [-0.1, -0.05) is 42.5 Å². The van der Waals surface area contributed by atoms with Crippen LogP contribution in [-0.2, 0) is 14.9 Å². The van der Waals surface area contributed by atoms with E-state index in [1.807, 2.05) is 36.4 Å². The predicted octanol–water partition coefficient (Wildman–Crippen LogP) is 5.44. The van der Waals surface area contributed by atoms with E-state index in [9.17, 15) is 15.2 Å². The molecular formula is C28H27N3O3. The zero-order valence-corrected chi connectivity index (χ0v) is 19.0. The number of rotatable bonds is 5. The van der Waals surface area contributed by atoms with Crippen LogP contribution in [0.25, 0.3) is 16.6 Å². The molecule has 4 bridgehead atoms. The average molecular weight is 454 g/mol. The van der Waals surface area contributed by atoms with E-state index in [2.05, 4.69) is 34.2 Å². The Morgan fingerprint density at radius 2 is 1.79 bits per heavy atom. The van der Waals surface area contributed by atoms with E-state index in [0.717, 1.165) is 37.6 Å². The summed E-state index contributed by atoms with van der Waals surface area (Å²) >= 11 is 0. The molecule has 3 aromatic rings. The SMILES string of the molecule is N#C/C(=C(/O)COC(=O)C12C[C@H]3C[C@@H](C1)CC(c1ccccc1)(C3)C2)c1nc2ccccc2[nH]1. The van der Waals surface area contributed by atoms with Crippen LogP contribution in [0.2, 0.25) is 0 Å². The normalized spacial score (nSPS) is 30.1. The minimum Gasteiger partial charge on any atom is -0.507 e. The third-order valence-corrected chi connectivity index (χ3v) is 8.25. The van der Waals surface area contributed by atoms with E-state index < -0.39 is 5.41 Å². The second kappa shape index (κ2) is 7.73. The van der Waals surface area contributed by atoms with Crippen LogP contribution in [0.4, 0.5) is 0 Å². The van der Waals surface area contributed by atoms with Crippen LogP contribution < -0.4 is 0 Å². The standard InChI is InChI=1S/C28H27N3O3/c29-15-21(25-30-22-8-4-5-9-23(22)31-25)24(32)16-34-26(33)28-13-18-10-19(14-28)12-27(11-18,17-28)20-6-2-1-3-7-20/h1-9,18-19,32H,10-14,16-17H2,(H,30,31)/b24-21-/t18-,19+,27?,28?. The number of allylic oxidation sites excluding steroid dienone is 1. The molecule has 0 spiro atoms. The Bertz CT molecular complexity index is 1290. The van der Waals surface area contributed by atoms with Gasteiger partial charge in [-0.25, -0.2) is 4.98 Å². The topological polar surface area (TPSA) is 99.0 Å². The molecule has 4 saturated carbocycles. The van der Waals surface area contributed by atoms with Gasteiger partial charge in [0.05, 0.1) is 16.4 Å². The number of nitrogens with zero attached hydrogens (tertiary/aromatic N) is 2. The van der Waals surface area contributed by atoms with E-state index in [0.29, 0.717) is 17.4 Å². The van der Waals surface area contributed by atoms with Gasteiger partial charge in [-0.15, -0.1) is 0 Å². The second-order valence-corrected chi connectivity index (χ2v) is 10.5. The number of H-pyrrole nitrogens is 1. The molecule has 2 aromatic carbocycles. The molecule has 4 aliphatic rings. The third kappa shape index (κ3) is 3.30. The Morgan fingerprint density at radius 1 is 1.09 bits per heavy atom. The first-order chi connectivity index (χ1) is 16.5. The first-order valence-electron chi connectivity index (χ1n) is 12.0. The summed E-state index contributed by atoms with van der Waals surface area (Å²) in [5, 5.41) is 20.3. The smallest absolute Gasteiger partial charge is 0.312 e. The zero-order valence-electron chi connectivity index (χ0n) is 19.0. The van der Waals surface area contributed by atoms with Crippen LogP contribution in [0.15, 0.2) is 60.4 Å². The van der Waals surface area contributed by atoms with Crippen molar-refractivity contribution in [2.45, 2.75) is 43.9 Å². The number of esters is 1. The number of fused-ring (bicyclic) bond motifs is 1. The van der Waals surface area contributed by atoms with Gasteiger partial charge in [0, 0.05) is 0 Å². The molecule has 2 unspecified atom stereocenters. The predicted molar refractivity (Wildman–Crippen MR) is 127 cm³/mol. The first kappa shape index (κ1) is 21.0. The van der Waals surface area contributed by atoms with Crippen LogP contribution in [-0.4, -0.2) is 27.7 Å². The molecule has 4 aliphatic carbocycles. The van der Waals surface area contributed by atoms with Crippen molar-refractivity contribution in [3.8, 4) is 6.07 Å². The quantitative estimate of drug-likeness (QED) is 0.305. The highest BCUT2D eigenvalue weighted by Gasteiger charge is 2.61. The number of aromatic amines is 1. The number of aliphatic hydroxyl groups excluding tert-OH is 1. The number of carbonyl (C=O) groups is 1. The Kier molecular flexibility index (Phi) is 4.77. The number of imidazole rings is 1. The summed E-state index contributed by atoms with van der Waals surface area (Å²) in [5.41, 5.74) is 2.33. The Labute approximate surface area is 198 Å². The van der Waals surface area contributed by atoms with Crippen molar-refractivity contribution in [2.24, 2.45) is 17.3 Å². The molecule has 4 fully saturated rings. The van der Waals surface area contributed by atoms with Gasteiger partial charge < -0.3 is 14.8 Å². The summed E-state index contributed by atoms with van der Waals surface area (Å²) in [6.07, 6.45) is 5.98. The van der Waals surface area contributed by atoms with Crippen molar-refractivity contribution in [1.82, 2.24) is 9.97 Å². The van der Waals surface area contributed by atoms with Crippen molar-refractivity contribution in [2.75, 3.05) is 6.61 Å². The lowest BCUT2D eigenvalue weighted by atomic mass is 9.43. The fourth-order valence-electron chi connectivity index (χ4n) is 7.32. The van der Waals surface area contributed by atoms with Crippen LogP contribution in [0.3, 0.4) is 0 Å². The third-order valence-electron chi connectivity index (χ3n) is 8.25. The fraction of sp³-hybridized carbons (Fsp3) is 0.393. The molecule has 6 nitrogen and oxygen atoms in total. The highest BCUT2D eigenvalue weighted by molar-refractivity contribution is 5.83. The van der Waals surface area contributed by atoms with E-state index in [-0.39, 0.29) is 35.1 Å². The minimum atomic E-state index is -0.508. The Balaban J connectivity index is 1.24. The summed E-state index contributed by atoms with van der Waals surface area (Å²) in [7, 11) is 0. The lowest BCUT2D eigenvalue weighted by Gasteiger charge is -2.61. The summed E-state index contributed by atoms with van der Waals surface area (Å²) in [4.78, 5) is 20.9. The molecular weight excluding hydrogens is 426 g/mol. The number of hydrogen-bond acceptors (Lipinski definition) is 5. The maximum Gasteiger partial charge on any atom is 0.312 e. The van der Waals surface area contributed by atoms with E-state index in [1.54, 1.807) is 0 Å². The van der Waals surface area contributed by atoms with Gasteiger partial charge in [0.25, 0.3) is 0 Å². The van der Waals surface area contributed by atoms with Crippen molar-refractivity contribution in [3.63, 3.8) is 0 Å². The van der Waals surface area contributed by atoms with Gasteiger partial charge >= 0.3 is 5.97 Å². The van der Waals surface area contributed by atoms with Crippen LogP contribution in [0.1, 0.15) is 49.9 Å². The highest BCUT2D eigenvalue weighted by Crippen LogP contribution is 2.66. The number of para-hydroxylation sites is 2. The van der Waals surface area contributed by atoms with E-state index in [4.69, 9.17) is 4.74 Å². The molecule has 172 valence electrons. The number of hydrogen-bond donors (Lipinski definition) is 2. The van der Waals surface area contributed by atoms with Gasteiger partial charge in [-0.3, -0.25) is 4.79 Å². The maximum absolute atomic E-state index is 13.5. The van der Waals surface area contributed by atoms with E-state index >= 15 is 0 Å². The lowest BCUT2D eigenvalue weighted by Crippen LogP contribution is -2.57. The number of carbonyl (C=O) groups excluding carboxylic acids is 1. The van der Waals surface area contributed by atoms with Gasteiger partial charge in [-0.2, -0.15) is 5.26 Å². The lowest BCUT2D eigenvalue weighted by molar-refractivity contribution is -0.173. The second-order valence-electron chi connectivity index (χ2n) is 10.5. The fourth-order valence-corrected chi connectivity index (χ4v) is 7.32. The molecule has 0 amide bonds. The van der Waals surface area contributed by atoms with Gasteiger partial charge in [0.1, 0.15) is 18.2 Å². The molecule has 4 atom stereocenters. The molecule has 34 heavy (non-hydrogen) atoms. The van der Waals surface area contributed by atoms with Gasteiger partial charge in [0.2, 0.25) is 0 Å². The number of aromatic nitrogens is 2. The van der Waals surface area contributed by atoms with Gasteiger partial charge in [0.15, 0.2) is 11.6 Å². The molecule has 2 N–H and O–H groups in total. The maximum atomic E-state index is 13.5. The first-order valence-corrected chi connectivity index (χ1v) is 12.0. The van der Waals surface area contributed by atoms with Crippen LogP contribution >= 0.6 is 0 Å². The molecule has 6 heteroatoms. The van der Waals surface area contributed by atoms with Crippen molar-refractivity contribution < 1.29 is 14.6 Å². The minimum absolute atomic E-state index is 0.00438. The Hall–Kier alpha value is -3.59. The van der Waals surface area contributed by atoms with Crippen LogP contribution in [0, 0.1) is 28.6 Å². The monoisotopic (exact) mass is 453 g/mol. The largest absolute Gasteiger partial charge is 0.507 e. The molecule has 0 aliphatic heterocycles. The molecule has 7 rings (SSSR count). The average Bonchev–Trinajstić information content (AvgIpc) is 3.26. The summed E-state index contributed by atoms with van der Waals surface area (Å²) in [6, 6.07) is 20.0. The number of nitriles is 1. The number of ether oxygens (including phenoxy) is 1. The van der Waals surface area contributed by atoms with Crippen molar-refractivity contribution in [1.29, 1.82) is 5.26 Å². The summed E-state index contributed by atoms with van der Waals surface area (Å²) in [5.74, 6) is 0.814. The summed E-state index contributed by atoms with van der Waals surface area (Å²) in [6.45, 7) is -0.325. The Morgan fingerprint density at radius 3 is 2.50 bits per heavy atom.